The summed E-state index contributed by atoms with van der Waals surface area (Å²) in [7, 11) is 0. The maximum Gasteiger partial charge on any atom is 0.350 e. The fourth-order valence-corrected chi connectivity index (χ4v) is 4.66. The average molecular weight is 456 g/mol. The van der Waals surface area contributed by atoms with Crippen molar-refractivity contribution in [3.63, 3.8) is 0 Å². The zero-order valence-corrected chi connectivity index (χ0v) is 19.5. The molecule has 1 unspecified atom stereocenters. The SMILES string of the molecule is CC1(C)OC(=O)C(=CNc2ccc(N3CCCC(C(=O)N4CCCCCC4)C3)cc2)C(=O)O1. The summed E-state index contributed by atoms with van der Waals surface area (Å²) in [6.07, 6.45) is 7.92. The van der Waals surface area contributed by atoms with Gasteiger partial charge < -0.3 is 24.6 Å². The highest BCUT2D eigenvalue weighted by atomic mass is 16.7. The van der Waals surface area contributed by atoms with E-state index in [9.17, 15) is 14.4 Å². The van der Waals surface area contributed by atoms with Gasteiger partial charge in [0, 0.05) is 57.6 Å². The number of esters is 2. The van der Waals surface area contributed by atoms with E-state index in [4.69, 9.17) is 9.47 Å². The molecule has 1 amide bonds. The highest BCUT2D eigenvalue weighted by Gasteiger charge is 2.39. The first-order valence-electron chi connectivity index (χ1n) is 11.9. The molecular formula is C25H33N3O5. The van der Waals surface area contributed by atoms with Crippen LogP contribution in [0.1, 0.15) is 52.4 Å². The molecule has 1 atom stereocenters. The second kappa shape index (κ2) is 9.85. The van der Waals surface area contributed by atoms with Gasteiger partial charge in [0.25, 0.3) is 5.79 Å². The Bertz CT molecular complexity index is 894. The molecule has 0 saturated carbocycles. The molecule has 1 aromatic carbocycles. The first-order valence-corrected chi connectivity index (χ1v) is 11.9. The summed E-state index contributed by atoms with van der Waals surface area (Å²) in [5.74, 6) is -2.33. The van der Waals surface area contributed by atoms with Crippen molar-refractivity contribution in [2.45, 2.75) is 58.2 Å². The van der Waals surface area contributed by atoms with Crippen LogP contribution in [-0.2, 0) is 23.9 Å². The summed E-state index contributed by atoms with van der Waals surface area (Å²) in [5.41, 5.74) is 1.61. The third-order valence-corrected chi connectivity index (χ3v) is 6.42. The Kier molecular flexibility index (Phi) is 6.91. The first-order chi connectivity index (χ1) is 15.8. The number of anilines is 2. The van der Waals surface area contributed by atoms with Crippen LogP contribution in [0.4, 0.5) is 11.4 Å². The predicted molar refractivity (Wildman–Crippen MR) is 124 cm³/mol. The van der Waals surface area contributed by atoms with Crippen LogP contribution in [0.5, 0.6) is 0 Å². The number of nitrogens with one attached hydrogen (secondary N) is 1. The van der Waals surface area contributed by atoms with E-state index in [2.05, 4.69) is 15.1 Å². The van der Waals surface area contributed by atoms with E-state index in [0.717, 1.165) is 63.2 Å². The molecule has 8 nitrogen and oxygen atoms in total. The van der Waals surface area contributed by atoms with E-state index in [1.54, 1.807) is 0 Å². The average Bonchev–Trinajstić information content (AvgIpc) is 3.07. The molecule has 0 spiro atoms. The van der Waals surface area contributed by atoms with Crippen LogP contribution >= 0.6 is 0 Å². The van der Waals surface area contributed by atoms with Gasteiger partial charge in [-0.2, -0.15) is 0 Å². The summed E-state index contributed by atoms with van der Waals surface area (Å²) in [5, 5.41) is 2.97. The van der Waals surface area contributed by atoms with E-state index in [0.29, 0.717) is 5.91 Å². The lowest BCUT2D eigenvalue weighted by molar-refractivity contribution is -0.222. The number of hydrogen-bond acceptors (Lipinski definition) is 7. The lowest BCUT2D eigenvalue weighted by Gasteiger charge is -2.36. The lowest BCUT2D eigenvalue weighted by atomic mass is 9.95. The second-order valence-electron chi connectivity index (χ2n) is 9.45. The van der Waals surface area contributed by atoms with Crippen molar-refractivity contribution < 1.29 is 23.9 Å². The van der Waals surface area contributed by atoms with Gasteiger partial charge in [-0.15, -0.1) is 0 Å². The van der Waals surface area contributed by atoms with Gasteiger partial charge in [0.1, 0.15) is 0 Å². The van der Waals surface area contributed by atoms with E-state index < -0.39 is 17.7 Å². The van der Waals surface area contributed by atoms with Crippen molar-refractivity contribution >= 4 is 29.2 Å². The molecule has 3 fully saturated rings. The molecule has 0 aliphatic carbocycles. The van der Waals surface area contributed by atoms with E-state index >= 15 is 0 Å². The molecule has 3 aliphatic heterocycles. The third kappa shape index (κ3) is 5.67. The van der Waals surface area contributed by atoms with Crippen molar-refractivity contribution in [1.29, 1.82) is 0 Å². The fraction of sp³-hybridized carbons (Fsp3) is 0.560. The molecule has 1 N–H and O–H groups in total. The Hall–Kier alpha value is -3.03. The molecule has 4 rings (SSSR count). The Labute approximate surface area is 194 Å². The monoisotopic (exact) mass is 455 g/mol. The summed E-state index contributed by atoms with van der Waals surface area (Å²) in [6.45, 7) is 6.47. The zero-order valence-electron chi connectivity index (χ0n) is 19.5. The maximum atomic E-state index is 13.1. The van der Waals surface area contributed by atoms with Crippen LogP contribution in [0.25, 0.3) is 0 Å². The Morgan fingerprint density at radius 1 is 0.970 bits per heavy atom. The third-order valence-electron chi connectivity index (χ3n) is 6.42. The number of carbonyl (C=O) groups is 3. The normalized spacial score (nSPS) is 23.3. The number of hydrogen-bond donors (Lipinski definition) is 1. The molecule has 1 aromatic rings. The van der Waals surface area contributed by atoms with Gasteiger partial charge >= 0.3 is 11.9 Å². The minimum Gasteiger partial charge on any atom is -0.419 e. The van der Waals surface area contributed by atoms with Gasteiger partial charge in [-0.25, -0.2) is 9.59 Å². The number of likely N-dealkylation sites (tertiary alicyclic amines) is 1. The number of piperidine rings is 1. The minimum atomic E-state index is -1.26. The number of ether oxygens (including phenoxy) is 2. The van der Waals surface area contributed by atoms with Crippen molar-refractivity contribution in [3.05, 3.63) is 36.0 Å². The zero-order chi connectivity index (χ0) is 23.4. The molecule has 0 bridgehead atoms. The van der Waals surface area contributed by atoms with Crippen LogP contribution < -0.4 is 10.2 Å². The van der Waals surface area contributed by atoms with Crippen LogP contribution in [-0.4, -0.2) is 54.7 Å². The molecule has 0 radical (unpaired) electrons. The summed E-state index contributed by atoms with van der Waals surface area (Å²) in [4.78, 5) is 41.5. The second-order valence-corrected chi connectivity index (χ2v) is 9.45. The molecular weight excluding hydrogens is 422 g/mol. The summed E-state index contributed by atoms with van der Waals surface area (Å²) >= 11 is 0. The van der Waals surface area contributed by atoms with Gasteiger partial charge in [0.05, 0.1) is 5.92 Å². The van der Waals surface area contributed by atoms with Gasteiger partial charge in [-0.1, -0.05) is 12.8 Å². The summed E-state index contributed by atoms with van der Waals surface area (Å²) in [6, 6.07) is 7.74. The van der Waals surface area contributed by atoms with Crippen LogP contribution in [0.2, 0.25) is 0 Å². The first kappa shape index (κ1) is 23.1. The highest BCUT2D eigenvalue weighted by Crippen LogP contribution is 2.27. The van der Waals surface area contributed by atoms with E-state index in [1.165, 1.54) is 32.9 Å². The Balaban J connectivity index is 1.36. The molecule has 178 valence electrons. The molecule has 3 heterocycles. The topological polar surface area (TPSA) is 88.2 Å². The standard InChI is InChI=1S/C25H33N3O5/c1-25(2)32-23(30)21(24(31)33-25)16-26-19-9-11-20(12-10-19)28-15-7-8-18(17-28)22(29)27-13-5-3-4-6-14-27/h9-12,16,18,26H,3-8,13-15,17H2,1-2H3. The number of benzene rings is 1. The molecule has 0 aromatic heterocycles. The number of amides is 1. The highest BCUT2D eigenvalue weighted by molar-refractivity contribution is 6.15. The fourth-order valence-electron chi connectivity index (χ4n) is 4.66. The Morgan fingerprint density at radius 3 is 2.24 bits per heavy atom. The van der Waals surface area contributed by atoms with Gasteiger partial charge in [0.2, 0.25) is 5.91 Å². The number of cyclic esters (lactones) is 2. The largest absolute Gasteiger partial charge is 0.419 e. The van der Waals surface area contributed by atoms with E-state index in [1.807, 2.05) is 24.3 Å². The Morgan fingerprint density at radius 2 is 1.61 bits per heavy atom. The van der Waals surface area contributed by atoms with E-state index in [-0.39, 0.29) is 11.5 Å². The quantitative estimate of drug-likeness (QED) is 0.423. The molecule has 3 saturated heterocycles. The van der Waals surface area contributed by atoms with Crippen molar-refractivity contribution in [2.24, 2.45) is 5.92 Å². The van der Waals surface area contributed by atoms with Crippen LogP contribution in [0, 0.1) is 5.92 Å². The predicted octanol–water partition coefficient (Wildman–Crippen LogP) is 3.44. The molecule has 3 aliphatic rings. The minimum absolute atomic E-state index is 0.0481. The van der Waals surface area contributed by atoms with Crippen molar-refractivity contribution in [2.75, 3.05) is 36.4 Å². The van der Waals surface area contributed by atoms with Crippen LogP contribution in [0.15, 0.2) is 36.0 Å². The number of nitrogens with zero attached hydrogens (tertiary/aromatic N) is 2. The van der Waals surface area contributed by atoms with Gasteiger partial charge in [-0.05, 0) is 49.9 Å². The molecule has 33 heavy (non-hydrogen) atoms. The maximum absolute atomic E-state index is 13.1. The number of carbonyl (C=O) groups excluding carboxylic acids is 3. The smallest absolute Gasteiger partial charge is 0.350 e. The van der Waals surface area contributed by atoms with Crippen molar-refractivity contribution in [1.82, 2.24) is 4.90 Å². The number of rotatable bonds is 4. The lowest BCUT2D eigenvalue weighted by Crippen LogP contribution is -2.45. The van der Waals surface area contributed by atoms with Crippen LogP contribution in [0.3, 0.4) is 0 Å². The summed E-state index contributed by atoms with van der Waals surface area (Å²) < 4.78 is 10.2. The van der Waals surface area contributed by atoms with Gasteiger partial charge in [0.15, 0.2) is 5.57 Å². The molecule has 8 heteroatoms. The van der Waals surface area contributed by atoms with Crippen molar-refractivity contribution in [3.8, 4) is 0 Å². The van der Waals surface area contributed by atoms with Gasteiger partial charge in [-0.3, -0.25) is 4.79 Å².